The van der Waals surface area contributed by atoms with Crippen LogP contribution in [0.25, 0.3) is 12.2 Å². The summed E-state index contributed by atoms with van der Waals surface area (Å²) < 4.78 is 7.04. The number of aromatic amines is 1. The lowest BCUT2D eigenvalue weighted by Gasteiger charge is -1.91. The van der Waals surface area contributed by atoms with Crippen molar-refractivity contribution in [1.29, 1.82) is 0 Å². The van der Waals surface area contributed by atoms with Crippen LogP contribution in [-0.4, -0.2) is 10.8 Å². The van der Waals surface area contributed by atoms with Crippen LogP contribution in [0.15, 0.2) is 56.3 Å². The molecule has 22 heavy (non-hydrogen) atoms. The van der Waals surface area contributed by atoms with Crippen LogP contribution in [-0.2, 0) is 0 Å². The summed E-state index contributed by atoms with van der Waals surface area (Å²) in [6.45, 7) is 0. The van der Waals surface area contributed by atoms with Gasteiger partial charge in [0.2, 0.25) is 5.78 Å². The molecule has 0 bridgehead atoms. The molecule has 0 atom stereocenters. The highest BCUT2D eigenvalue weighted by Crippen LogP contribution is 2.10. The maximum atomic E-state index is 11.9. The van der Waals surface area contributed by atoms with Crippen molar-refractivity contribution in [2.45, 2.75) is 0 Å². The minimum absolute atomic E-state index is 0.216. The number of hydrogen-bond donors (Lipinski definition) is 1. The Labute approximate surface area is 137 Å². The van der Waals surface area contributed by atoms with Gasteiger partial charge in [-0.25, -0.2) is 0 Å². The molecule has 2 aromatic heterocycles. The Morgan fingerprint density at radius 1 is 1.23 bits per heavy atom. The van der Waals surface area contributed by atoms with Gasteiger partial charge in [-0.15, -0.1) is 11.3 Å². The van der Waals surface area contributed by atoms with Gasteiger partial charge < -0.3 is 9.40 Å². The van der Waals surface area contributed by atoms with Crippen molar-refractivity contribution >= 4 is 45.2 Å². The summed E-state index contributed by atoms with van der Waals surface area (Å²) in [7, 11) is 0. The molecule has 3 aromatic rings. The molecule has 2 heterocycles. The Bertz CT molecular complexity index is 966. The maximum absolute atomic E-state index is 11.9. The maximum Gasteiger partial charge on any atom is 0.266 e. The van der Waals surface area contributed by atoms with Crippen LogP contribution in [0.2, 0.25) is 0 Å². The SMILES string of the molecule is O=C(/C=c1/[nH]c(=O)/c(=C/c2ccc(Br)cc2)s1)c1ccco1. The molecule has 0 aliphatic heterocycles. The predicted octanol–water partition coefficient (Wildman–Crippen LogP) is 2.28. The van der Waals surface area contributed by atoms with E-state index >= 15 is 0 Å². The zero-order valence-corrected chi connectivity index (χ0v) is 13.6. The summed E-state index contributed by atoms with van der Waals surface area (Å²) in [6, 6.07) is 10.8. The molecule has 3 rings (SSSR count). The number of Topliss-reactive ketones (excluding diaryl/α,β-unsaturated/α-hetero) is 1. The summed E-state index contributed by atoms with van der Waals surface area (Å²) in [5.41, 5.74) is 0.700. The summed E-state index contributed by atoms with van der Waals surface area (Å²) in [4.78, 5) is 26.5. The van der Waals surface area contributed by atoms with Crippen molar-refractivity contribution in [2.75, 3.05) is 0 Å². The fraction of sp³-hybridized carbons (Fsp3) is 0. The van der Waals surface area contributed by atoms with Gasteiger partial charge in [0.15, 0.2) is 5.76 Å². The van der Waals surface area contributed by atoms with Crippen LogP contribution in [0.5, 0.6) is 0 Å². The highest BCUT2D eigenvalue weighted by atomic mass is 79.9. The van der Waals surface area contributed by atoms with E-state index in [-0.39, 0.29) is 17.1 Å². The molecule has 0 radical (unpaired) electrons. The average molecular weight is 376 g/mol. The van der Waals surface area contributed by atoms with E-state index in [1.165, 1.54) is 23.7 Å². The van der Waals surface area contributed by atoms with Gasteiger partial charge in [-0.2, -0.15) is 0 Å². The first-order valence-electron chi connectivity index (χ1n) is 6.38. The number of aromatic nitrogens is 1. The van der Waals surface area contributed by atoms with Gasteiger partial charge in [-0.3, -0.25) is 9.59 Å². The monoisotopic (exact) mass is 375 g/mol. The van der Waals surface area contributed by atoms with E-state index in [2.05, 4.69) is 20.9 Å². The second kappa shape index (κ2) is 6.29. The van der Waals surface area contributed by atoms with Crippen LogP contribution in [0.1, 0.15) is 16.1 Å². The summed E-state index contributed by atoms with van der Waals surface area (Å²) in [6.07, 6.45) is 4.58. The molecular formula is C16H10BrNO3S. The van der Waals surface area contributed by atoms with E-state index in [0.717, 1.165) is 10.0 Å². The van der Waals surface area contributed by atoms with E-state index in [1.807, 2.05) is 24.3 Å². The smallest absolute Gasteiger partial charge is 0.266 e. The fourth-order valence-corrected chi connectivity index (χ4v) is 2.99. The Balaban J connectivity index is 1.99. The summed E-state index contributed by atoms with van der Waals surface area (Å²) in [5.74, 6) is -0.0367. The van der Waals surface area contributed by atoms with Gasteiger partial charge in [0.25, 0.3) is 5.56 Å². The molecule has 0 aliphatic carbocycles. The van der Waals surface area contributed by atoms with Gasteiger partial charge >= 0.3 is 0 Å². The Kier molecular flexibility index (Phi) is 4.22. The van der Waals surface area contributed by atoms with Crippen LogP contribution in [0, 0.1) is 0 Å². The third-order valence-electron chi connectivity index (χ3n) is 2.87. The largest absolute Gasteiger partial charge is 0.461 e. The van der Waals surface area contributed by atoms with Crippen molar-refractivity contribution in [2.24, 2.45) is 0 Å². The quantitative estimate of drug-likeness (QED) is 0.714. The molecule has 0 fully saturated rings. The number of thiazole rings is 1. The standard InChI is InChI=1S/C16H10BrNO3S/c17-11-5-3-10(4-6-11)8-14-16(20)18-15(22-14)9-12(19)13-2-1-7-21-13/h1-9H,(H,18,20)/b14-8-,15-9-. The van der Waals surface area contributed by atoms with Gasteiger partial charge in [0.05, 0.1) is 15.5 Å². The van der Waals surface area contributed by atoms with E-state index in [0.29, 0.717) is 9.20 Å². The highest BCUT2D eigenvalue weighted by molar-refractivity contribution is 9.10. The van der Waals surface area contributed by atoms with E-state index in [4.69, 9.17) is 4.42 Å². The van der Waals surface area contributed by atoms with Crippen molar-refractivity contribution in [3.63, 3.8) is 0 Å². The van der Waals surface area contributed by atoms with Crippen molar-refractivity contribution in [3.8, 4) is 0 Å². The molecule has 110 valence electrons. The summed E-state index contributed by atoms with van der Waals surface area (Å²) >= 11 is 4.60. The normalized spacial score (nSPS) is 12.8. The van der Waals surface area contributed by atoms with Gasteiger partial charge in [0.1, 0.15) is 0 Å². The number of nitrogens with one attached hydrogen (secondary N) is 1. The lowest BCUT2D eigenvalue weighted by molar-refractivity contribution is 0.103. The first-order valence-corrected chi connectivity index (χ1v) is 7.99. The number of H-pyrrole nitrogens is 1. The number of carbonyl (C=O) groups is 1. The highest BCUT2D eigenvalue weighted by Gasteiger charge is 2.05. The molecule has 0 amide bonds. The number of ketones is 1. The second-order valence-corrected chi connectivity index (χ2v) is 6.47. The average Bonchev–Trinajstić information content (AvgIpc) is 3.12. The first-order chi connectivity index (χ1) is 10.6. The number of halogens is 1. The van der Waals surface area contributed by atoms with E-state index < -0.39 is 0 Å². The number of rotatable bonds is 3. The van der Waals surface area contributed by atoms with E-state index in [1.54, 1.807) is 18.2 Å². The minimum atomic E-state index is -0.280. The Morgan fingerprint density at radius 3 is 2.68 bits per heavy atom. The fourth-order valence-electron chi connectivity index (χ4n) is 1.84. The molecule has 0 saturated carbocycles. The number of carbonyl (C=O) groups excluding carboxylic acids is 1. The van der Waals surface area contributed by atoms with Crippen molar-refractivity contribution in [3.05, 3.63) is 78.0 Å². The zero-order chi connectivity index (χ0) is 15.5. The molecule has 1 aromatic carbocycles. The lowest BCUT2D eigenvalue weighted by atomic mass is 10.2. The predicted molar refractivity (Wildman–Crippen MR) is 89.4 cm³/mol. The van der Waals surface area contributed by atoms with Crippen LogP contribution < -0.4 is 14.8 Å². The van der Waals surface area contributed by atoms with Crippen molar-refractivity contribution in [1.82, 2.24) is 4.98 Å². The van der Waals surface area contributed by atoms with Crippen LogP contribution >= 0.6 is 27.3 Å². The number of furan rings is 1. The Morgan fingerprint density at radius 2 is 2.00 bits per heavy atom. The topological polar surface area (TPSA) is 63.1 Å². The Hall–Kier alpha value is -2.18. The first kappa shape index (κ1) is 14.7. The van der Waals surface area contributed by atoms with Gasteiger partial charge in [0, 0.05) is 10.5 Å². The zero-order valence-electron chi connectivity index (χ0n) is 11.2. The minimum Gasteiger partial charge on any atom is -0.461 e. The van der Waals surface area contributed by atoms with Crippen LogP contribution in [0.4, 0.5) is 0 Å². The molecule has 0 aliphatic rings. The molecule has 0 saturated heterocycles. The number of benzene rings is 1. The molecule has 6 heteroatoms. The molecular weight excluding hydrogens is 366 g/mol. The van der Waals surface area contributed by atoms with Gasteiger partial charge in [-0.1, -0.05) is 28.1 Å². The van der Waals surface area contributed by atoms with E-state index in [9.17, 15) is 9.59 Å². The molecule has 1 N–H and O–H groups in total. The molecule has 0 unspecified atom stereocenters. The van der Waals surface area contributed by atoms with Crippen molar-refractivity contribution < 1.29 is 9.21 Å². The summed E-state index contributed by atoms with van der Waals surface area (Å²) in [5, 5.41) is 0. The third kappa shape index (κ3) is 3.35. The third-order valence-corrected chi connectivity index (χ3v) is 4.37. The lowest BCUT2D eigenvalue weighted by Crippen LogP contribution is -2.19. The molecule has 0 spiro atoms. The molecule has 4 nitrogen and oxygen atoms in total. The van der Waals surface area contributed by atoms with Gasteiger partial charge in [-0.05, 0) is 35.9 Å². The van der Waals surface area contributed by atoms with Crippen LogP contribution in [0.3, 0.4) is 0 Å². The second-order valence-electron chi connectivity index (χ2n) is 4.47. The number of hydrogen-bond acceptors (Lipinski definition) is 4.